The minimum atomic E-state index is 0. The summed E-state index contributed by atoms with van der Waals surface area (Å²) in [6.45, 7) is 5.81. The number of benzene rings is 2. The molecule has 0 radical (unpaired) electrons. The first-order chi connectivity index (χ1) is 14.8. The number of guanidine groups is 1. The molecule has 162 valence electrons. The quantitative estimate of drug-likeness (QED) is 0.157. The lowest BCUT2D eigenvalue weighted by Gasteiger charge is -2.19. The molecule has 6 nitrogen and oxygen atoms in total. The third-order valence-corrected chi connectivity index (χ3v) is 5.20. The summed E-state index contributed by atoms with van der Waals surface area (Å²) in [6.07, 6.45) is 3.76. The van der Waals surface area contributed by atoms with E-state index in [9.17, 15) is 0 Å². The van der Waals surface area contributed by atoms with Gasteiger partial charge in [-0.3, -0.25) is 9.39 Å². The van der Waals surface area contributed by atoms with Gasteiger partial charge in [0, 0.05) is 25.7 Å². The molecule has 31 heavy (non-hydrogen) atoms. The van der Waals surface area contributed by atoms with Gasteiger partial charge in [0.1, 0.15) is 5.82 Å². The van der Waals surface area contributed by atoms with Crippen molar-refractivity contribution in [3.63, 3.8) is 0 Å². The summed E-state index contributed by atoms with van der Waals surface area (Å²) in [7, 11) is 0. The maximum absolute atomic E-state index is 4.78. The molecule has 0 fully saturated rings. The van der Waals surface area contributed by atoms with Crippen molar-refractivity contribution in [1.29, 1.82) is 0 Å². The van der Waals surface area contributed by atoms with Gasteiger partial charge in [0.2, 0.25) is 0 Å². The molecule has 0 aliphatic rings. The maximum Gasteiger partial charge on any atom is 0.191 e. The number of nitrogens with one attached hydrogen (secondary N) is 2. The Bertz CT molecular complexity index is 1150. The number of halogens is 1. The molecule has 0 aliphatic carbocycles. The predicted octanol–water partition coefficient (Wildman–Crippen LogP) is 4.75. The number of aryl methyl sites for hydroxylation is 1. The molecule has 0 bridgehead atoms. The average molecular weight is 528 g/mol. The van der Waals surface area contributed by atoms with Crippen molar-refractivity contribution in [2.75, 3.05) is 13.1 Å². The lowest BCUT2D eigenvalue weighted by molar-refractivity contribution is 0.685. The highest BCUT2D eigenvalue weighted by atomic mass is 127. The summed E-state index contributed by atoms with van der Waals surface area (Å²) in [5.74, 6) is 1.81. The summed E-state index contributed by atoms with van der Waals surface area (Å²) >= 11 is 0. The highest BCUT2D eigenvalue weighted by Crippen LogP contribution is 2.23. The van der Waals surface area contributed by atoms with Gasteiger partial charge in [0.05, 0.1) is 6.04 Å². The van der Waals surface area contributed by atoms with Crippen LogP contribution >= 0.6 is 24.0 Å². The minimum absolute atomic E-state index is 0. The fraction of sp³-hybridized carbons (Fsp3) is 0.292. The van der Waals surface area contributed by atoms with Crippen LogP contribution in [0.5, 0.6) is 0 Å². The second kappa shape index (κ2) is 11.1. The maximum atomic E-state index is 4.78. The van der Waals surface area contributed by atoms with E-state index in [-0.39, 0.29) is 30.0 Å². The van der Waals surface area contributed by atoms with Crippen molar-refractivity contribution in [3.05, 3.63) is 78.2 Å². The summed E-state index contributed by atoms with van der Waals surface area (Å²) in [4.78, 5) is 4.78. The van der Waals surface area contributed by atoms with Crippen LogP contribution in [0, 0.1) is 0 Å². The van der Waals surface area contributed by atoms with Crippen LogP contribution in [0.2, 0.25) is 0 Å². The van der Waals surface area contributed by atoms with Crippen LogP contribution in [-0.2, 0) is 6.42 Å². The third kappa shape index (κ3) is 5.52. The van der Waals surface area contributed by atoms with Gasteiger partial charge >= 0.3 is 0 Å². The lowest BCUT2D eigenvalue weighted by atomic mass is 10.00. The van der Waals surface area contributed by atoms with Gasteiger partial charge < -0.3 is 10.6 Å². The Morgan fingerprint density at radius 1 is 1.03 bits per heavy atom. The Hall–Kier alpha value is -2.68. The average Bonchev–Trinajstić information content (AvgIpc) is 3.19. The molecule has 7 heteroatoms. The van der Waals surface area contributed by atoms with Crippen molar-refractivity contribution >= 4 is 46.4 Å². The first kappa shape index (κ1) is 23.0. The summed E-state index contributed by atoms with van der Waals surface area (Å²) < 4.78 is 2.04. The normalized spacial score (nSPS) is 12.5. The Labute approximate surface area is 200 Å². The zero-order valence-electron chi connectivity index (χ0n) is 18.0. The standard InChI is InChI=1S/C24H28N6.HI/c1-3-25-24(26-16-9-15-23-29-28-22-14-6-7-17-30(22)23)27-18(2)20-13-8-11-19-10-4-5-12-21(19)20;/h4-8,10-14,17-18H,3,9,15-16H2,1-2H3,(H2,25,26,27);1H. The number of fused-ring (bicyclic) bond motifs is 2. The number of hydrogen-bond donors (Lipinski definition) is 2. The Morgan fingerprint density at radius 2 is 1.84 bits per heavy atom. The highest BCUT2D eigenvalue weighted by molar-refractivity contribution is 14.0. The molecule has 2 aromatic heterocycles. The van der Waals surface area contributed by atoms with E-state index in [4.69, 9.17) is 4.99 Å². The van der Waals surface area contributed by atoms with E-state index < -0.39 is 0 Å². The largest absolute Gasteiger partial charge is 0.357 e. The Kier molecular flexibility index (Phi) is 8.22. The van der Waals surface area contributed by atoms with Crippen LogP contribution in [0.4, 0.5) is 0 Å². The highest BCUT2D eigenvalue weighted by Gasteiger charge is 2.11. The van der Waals surface area contributed by atoms with Gasteiger partial charge in [-0.25, -0.2) is 0 Å². The molecule has 2 N–H and O–H groups in total. The number of pyridine rings is 1. The molecular weight excluding hydrogens is 499 g/mol. The number of aromatic nitrogens is 3. The molecule has 2 heterocycles. The van der Waals surface area contributed by atoms with Gasteiger partial charge in [-0.15, -0.1) is 34.2 Å². The zero-order chi connectivity index (χ0) is 20.8. The van der Waals surface area contributed by atoms with Crippen LogP contribution < -0.4 is 10.6 Å². The molecule has 0 spiro atoms. The molecule has 1 unspecified atom stereocenters. The van der Waals surface area contributed by atoms with Crippen LogP contribution in [0.15, 0.2) is 71.9 Å². The van der Waals surface area contributed by atoms with Crippen molar-refractivity contribution in [3.8, 4) is 0 Å². The zero-order valence-corrected chi connectivity index (χ0v) is 20.3. The molecular formula is C24H29IN6. The SMILES string of the molecule is CCNC(=NCCCc1nnc2ccccn12)NC(C)c1cccc2ccccc12.I. The van der Waals surface area contributed by atoms with Crippen LogP contribution in [0.3, 0.4) is 0 Å². The van der Waals surface area contributed by atoms with Gasteiger partial charge in [0.15, 0.2) is 11.6 Å². The van der Waals surface area contributed by atoms with Crippen molar-refractivity contribution in [2.45, 2.75) is 32.7 Å². The number of aliphatic imine (C=N–C) groups is 1. The molecule has 2 aromatic carbocycles. The van der Waals surface area contributed by atoms with Crippen LogP contribution in [0.1, 0.15) is 37.7 Å². The minimum Gasteiger partial charge on any atom is -0.357 e. The van der Waals surface area contributed by atoms with Gasteiger partial charge in [-0.2, -0.15) is 0 Å². The fourth-order valence-corrected chi connectivity index (χ4v) is 3.72. The summed E-state index contributed by atoms with van der Waals surface area (Å²) in [6, 6.07) is 21.0. The van der Waals surface area contributed by atoms with Crippen molar-refractivity contribution in [2.24, 2.45) is 4.99 Å². The smallest absolute Gasteiger partial charge is 0.191 e. The molecule has 0 saturated carbocycles. The van der Waals surface area contributed by atoms with Crippen LogP contribution in [0.25, 0.3) is 16.4 Å². The molecule has 4 rings (SSSR count). The predicted molar refractivity (Wildman–Crippen MR) is 138 cm³/mol. The third-order valence-electron chi connectivity index (χ3n) is 5.20. The molecule has 4 aromatic rings. The Balaban J connectivity index is 0.00000272. The van der Waals surface area contributed by atoms with E-state index in [0.717, 1.165) is 43.4 Å². The first-order valence-corrected chi connectivity index (χ1v) is 10.6. The monoisotopic (exact) mass is 528 g/mol. The molecule has 0 amide bonds. The summed E-state index contributed by atoms with van der Waals surface area (Å²) in [5, 5.41) is 18.0. The second-order valence-corrected chi connectivity index (χ2v) is 7.34. The van der Waals surface area contributed by atoms with E-state index in [1.54, 1.807) is 0 Å². The number of hydrogen-bond acceptors (Lipinski definition) is 3. The van der Waals surface area contributed by atoms with E-state index in [1.807, 2.05) is 28.8 Å². The van der Waals surface area contributed by atoms with E-state index >= 15 is 0 Å². The van der Waals surface area contributed by atoms with Crippen LogP contribution in [-0.4, -0.2) is 33.6 Å². The lowest BCUT2D eigenvalue weighted by Crippen LogP contribution is -2.38. The van der Waals surface area contributed by atoms with Gasteiger partial charge in [-0.1, -0.05) is 48.5 Å². The van der Waals surface area contributed by atoms with Gasteiger partial charge in [0.25, 0.3) is 0 Å². The summed E-state index contributed by atoms with van der Waals surface area (Å²) in [5.41, 5.74) is 2.16. The fourth-order valence-electron chi connectivity index (χ4n) is 3.72. The van der Waals surface area contributed by atoms with Gasteiger partial charge in [-0.05, 0) is 48.7 Å². The molecule has 1 atom stereocenters. The molecule has 0 aliphatic heterocycles. The number of rotatable bonds is 7. The van der Waals surface area contributed by atoms with Crippen molar-refractivity contribution in [1.82, 2.24) is 25.2 Å². The first-order valence-electron chi connectivity index (χ1n) is 10.6. The Morgan fingerprint density at radius 3 is 2.71 bits per heavy atom. The molecule has 0 saturated heterocycles. The topological polar surface area (TPSA) is 66.6 Å². The second-order valence-electron chi connectivity index (χ2n) is 7.34. The number of nitrogens with zero attached hydrogens (tertiary/aromatic N) is 4. The van der Waals surface area contributed by atoms with E-state index in [1.165, 1.54) is 16.3 Å². The van der Waals surface area contributed by atoms with Crippen molar-refractivity contribution < 1.29 is 0 Å². The van der Waals surface area contributed by atoms with E-state index in [0.29, 0.717) is 0 Å². The van der Waals surface area contributed by atoms with E-state index in [2.05, 4.69) is 77.1 Å².